The van der Waals surface area contributed by atoms with Crippen LogP contribution >= 0.6 is 11.8 Å². The smallest absolute Gasteiger partial charge is 0.425 e. The number of hydrogen-bond acceptors (Lipinski definition) is 5. The van der Waals surface area contributed by atoms with Crippen molar-refractivity contribution in [2.45, 2.75) is 76.4 Å². The van der Waals surface area contributed by atoms with Gasteiger partial charge < -0.3 is 14.6 Å². The summed E-state index contributed by atoms with van der Waals surface area (Å²) in [5.74, 6) is 0. The van der Waals surface area contributed by atoms with E-state index in [1.54, 1.807) is 27.7 Å². The van der Waals surface area contributed by atoms with Crippen molar-refractivity contribution in [3.05, 3.63) is 0 Å². The average Bonchev–Trinajstić information content (AvgIpc) is 2.42. The minimum Gasteiger partial charge on any atom is -0.425 e. The quantitative estimate of drug-likeness (QED) is 0.449. The van der Waals surface area contributed by atoms with Crippen LogP contribution in [0.25, 0.3) is 0 Å². The highest BCUT2D eigenvalue weighted by molar-refractivity contribution is 8.14. The third-order valence-corrected chi connectivity index (χ3v) is 4.46. The summed E-state index contributed by atoms with van der Waals surface area (Å²) in [4.78, 5) is 13.5. The highest BCUT2D eigenvalue weighted by atomic mass is 32.2. The maximum atomic E-state index is 12.6. The van der Waals surface area contributed by atoms with Crippen LogP contribution in [-0.4, -0.2) is 64.0 Å². The Hall–Kier alpha value is -1.22. The molecule has 0 aromatic heterocycles. The van der Waals surface area contributed by atoms with E-state index in [0.29, 0.717) is 0 Å². The van der Waals surface area contributed by atoms with E-state index in [2.05, 4.69) is 11.4 Å². The summed E-state index contributed by atoms with van der Waals surface area (Å²) in [5, 5.41) is 10.0. The molecule has 0 aromatic carbocycles. The minimum atomic E-state index is -4.38. The summed E-state index contributed by atoms with van der Waals surface area (Å²) >= 11 is 0.949. The number of aliphatic hydroxyl groups is 1. The number of halogens is 3. The summed E-state index contributed by atoms with van der Waals surface area (Å²) in [5.41, 5.74) is -1.49. The molecule has 0 spiro atoms. The Morgan fingerprint density at radius 2 is 2.00 bits per heavy atom. The van der Waals surface area contributed by atoms with Crippen LogP contribution in [0.2, 0.25) is 0 Å². The van der Waals surface area contributed by atoms with Gasteiger partial charge in [0.25, 0.3) is 0 Å². The zero-order valence-corrected chi connectivity index (χ0v) is 16.2. The lowest BCUT2D eigenvalue weighted by Crippen LogP contribution is -2.43. The molecular weight excluding hydrogens is 373 g/mol. The summed E-state index contributed by atoms with van der Waals surface area (Å²) in [6.07, 6.45) is -8.18. The van der Waals surface area contributed by atoms with E-state index in [1.165, 1.54) is 4.90 Å². The molecule has 1 amide bonds. The SMILES string of the molecule is C=[N+]=C(S[C@@H]1C[C@@H](O)C[C@@H](CC(F)(F)F)O1)N(CC)C(=O)OC(C)(C)C. The van der Waals surface area contributed by atoms with Crippen molar-refractivity contribution in [1.82, 2.24) is 9.57 Å². The lowest BCUT2D eigenvalue weighted by molar-refractivity contribution is -0.175. The Bertz CT molecular complexity index is 545. The number of alkyl halides is 3. The number of amides is 1. The van der Waals surface area contributed by atoms with E-state index in [9.17, 15) is 23.1 Å². The van der Waals surface area contributed by atoms with E-state index < -0.39 is 41.9 Å². The highest BCUT2D eigenvalue weighted by Crippen LogP contribution is 2.34. The lowest BCUT2D eigenvalue weighted by atomic mass is 10.0. The molecule has 1 aliphatic heterocycles. The van der Waals surface area contributed by atoms with E-state index >= 15 is 0 Å². The number of thioether (sulfide) groups is 1. The molecule has 0 saturated carbocycles. The fourth-order valence-electron chi connectivity index (χ4n) is 2.38. The standard InChI is InChI=1S/C16H26F3N2O4S/c1-6-21(14(23)25-15(2,3)4)13(20-5)26-12-8-10(22)7-11(24-12)9-16(17,18)19/h10-12,22H,5-9H2,1-4H3/q+1/t10-,11-,12+/m0/s1. The molecule has 1 aliphatic rings. The van der Waals surface area contributed by atoms with Crippen molar-refractivity contribution in [3.8, 4) is 0 Å². The van der Waals surface area contributed by atoms with E-state index in [0.717, 1.165) is 11.8 Å². The molecule has 1 N–H and O–H groups in total. The Balaban J connectivity index is 2.81. The molecule has 1 saturated heterocycles. The summed E-state index contributed by atoms with van der Waals surface area (Å²) in [7, 11) is 0. The number of aliphatic hydroxyl groups excluding tert-OH is 1. The van der Waals surface area contributed by atoms with Gasteiger partial charge in [-0.1, -0.05) is 0 Å². The van der Waals surface area contributed by atoms with Gasteiger partial charge in [-0.05, 0) is 27.7 Å². The molecule has 0 aromatic rings. The van der Waals surface area contributed by atoms with Crippen LogP contribution in [0, 0.1) is 0 Å². The van der Waals surface area contributed by atoms with Gasteiger partial charge in [-0.3, -0.25) is 0 Å². The summed E-state index contributed by atoms with van der Waals surface area (Å²) in [6, 6.07) is 0. The first-order valence-electron chi connectivity index (χ1n) is 8.25. The monoisotopic (exact) mass is 399 g/mol. The van der Waals surface area contributed by atoms with Crippen molar-refractivity contribution in [2.24, 2.45) is 0 Å². The van der Waals surface area contributed by atoms with Crippen LogP contribution in [0.1, 0.15) is 47.0 Å². The molecule has 150 valence electrons. The predicted molar refractivity (Wildman–Crippen MR) is 95.0 cm³/mol. The second kappa shape index (κ2) is 9.12. The van der Waals surface area contributed by atoms with Gasteiger partial charge in [0.2, 0.25) is 0 Å². The van der Waals surface area contributed by atoms with Crippen LogP contribution in [0.15, 0.2) is 0 Å². The molecule has 3 atom stereocenters. The highest BCUT2D eigenvalue weighted by Gasteiger charge is 2.41. The van der Waals surface area contributed by atoms with Gasteiger partial charge in [0.15, 0.2) is 6.72 Å². The second-order valence-electron chi connectivity index (χ2n) is 6.92. The number of amidine groups is 1. The van der Waals surface area contributed by atoms with Crippen LogP contribution in [0.3, 0.4) is 0 Å². The van der Waals surface area contributed by atoms with Crippen LogP contribution < -0.4 is 4.67 Å². The van der Waals surface area contributed by atoms with Gasteiger partial charge in [0.05, 0.1) is 25.2 Å². The molecule has 1 fully saturated rings. The van der Waals surface area contributed by atoms with Crippen LogP contribution in [-0.2, 0) is 9.47 Å². The summed E-state index contributed by atoms with van der Waals surface area (Å²) < 4.78 is 52.3. The van der Waals surface area contributed by atoms with Gasteiger partial charge in [-0.2, -0.15) is 18.0 Å². The minimum absolute atomic E-state index is 0.0863. The van der Waals surface area contributed by atoms with Crippen molar-refractivity contribution in [3.63, 3.8) is 0 Å². The molecule has 0 radical (unpaired) electrons. The maximum Gasteiger partial charge on any atom is 0.509 e. The fraction of sp³-hybridized carbons (Fsp3) is 0.812. The molecule has 1 heterocycles. The van der Waals surface area contributed by atoms with Gasteiger partial charge >= 0.3 is 17.4 Å². The Kier molecular flexibility index (Phi) is 8.01. The zero-order valence-electron chi connectivity index (χ0n) is 15.4. The first kappa shape index (κ1) is 22.8. The van der Waals surface area contributed by atoms with Gasteiger partial charge in [-0.25, -0.2) is 4.67 Å². The maximum absolute atomic E-state index is 12.6. The van der Waals surface area contributed by atoms with E-state index in [-0.39, 0.29) is 24.6 Å². The topological polar surface area (TPSA) is 73.1 Å². The molecule has 0 aliphatic carbocycles. The number of nitrogens with zero attached hydrogens (tertiary/aromatic N) is 2. The zero-order chi connectivity index (χ0) is 20.1. The Morgan fingerprint density at radius 3 is 2.46 bits per heavy atom. The van der Waals surface area contributed by atoms with E-state index in [1.807, 2.05) is 0 Å². The third kappa shape index (κ3) is 7.99. The van der Waals surface area contributed by atoms with Crippen molar-refractivity contribution in [1.29, 1.82) is 0 Å². The fourth-order valence-corrected chi connectivity index (χ4v) is 3.55. The van der Waals surface area contributed by atoms with Gasteiger partial charge in [0.1, 0.15) is 11.0 Å². The number of rotatable bonds is 3. The first-order chi connectivity index (χ1) is 11.8. The van der Waals surface area contributed by atoms with E-state index in [4.69, 9.17) is 9.47 Å². The molecule has 6 nitrogen and oxygen atoms in total. The number of carbonyl (C=O) groups is 1. The predicted octanol–water partition coefficient (Wildman–Crippen LogP) is 2.92. The average molecular weight is 399 g/mol. The molecule has 26 heavy (non-hydrogen) atoms. The Labute approximate surface area is 155 Å². The Morgan fingerprint density at radius 1 is 1.38 bits per heavy atom. The van der Waals surface area contributed by atoms with Crippen molar-refractivity contribution in [2.75, 3.05) is 6.54 Å². The van der Waals surface area contributed by atoms with Crippen molar-refractivity contribution < 1.29 is 32.5 Å². The van der Waals surface area contributed by atoms with Crippen molar-refractivity contribution >= 4 is 29.7 Å². The molecule has 0 unspecified atom stereocenters. The molecule has 0 bridgehead atoms. The number of ether oxygens (including phenoxy) is 2. The lowest BCUT2D eigenvalue weighted by Gasteiger charge is -2.32. The largest absolute Gasteiger partial charge is 0.509 e. The first-order valence-corrected chi connectivity index (χ1v) is 9.13. The number of hydrogen-bond donors (Lipinski definition) is 1. The number of carbonyl (C=O) groups excluding carboxylic acids is 1. The van der Waals surface area contributed by atoms with Crippen LogP contribution in [0.5, 0.6) is 0 Å². The molecule has 1 rings (SSSR count). The van der Waals surface area contributed by atoms with Gasteiger partial charge in [-0.15, -0.1) is 4.90 Å². The second-order valence-corrected chi connectivity index (χ2v) is 8.04. The molecular formula is C16H26F3N2O4S+. The molecule has 10 heteroatoms. The van der Waals surface area contributed by atoms with Crippen LogP contribution in [0.4, 0.5) is 18.0 Å². The normalized spacial score (nSPS) is 23.9. The van der Waals surface area contributed by atoms with Gasteiger partial charge in [0, 0.05) is 24.6 Å². The summed E-state index contributed by atoms with van der Waals surface area (Å²) in [6.45, 7) is 10.5. The third-order valence-electron chi connectivity index (χ3n) is 3.34.